The van der Waals surface area contributed by atoms with Crippen LogP contribution in [0.15, 0.2) is 36.8 Å². The van der Waals surface area contributed by atoms with E-state index in [1.807, 2.05) is 24.4 Å². The van der Waals surface area contributed by atoms with Crippen LogP contribution in [0.3, 0.4) is 0 Å². The summed E-state index contributed by atoms with van der Waals surface area (Å²) < 4.78 is 33.1. The van der Waals surface area contributed by atoms with E-state index in [1.54, 1.807) is 12.4 Å². The Morgan fingerprint density at radius 3 is 2.55 bits per heavy atom. The zero-order valence-corrected chi connectivity index (χ0v) is 16.3. The van der Waals surface area contributed by atoms with Crippen LogP contribution in [0.4, 0.5) is 19.0 Å². The van der Waals surface area contributed by atoms with E-state index >= 15 is 0 Å². The highest BCUT2D eigenvalue weighted by molar-refractivity contribution is 5.91. The van der Waals surface area contributed by atoms with Crippen LogP contribution in [0.1, 0.15) is 27.2 Å². The molecule has 7 nitrogen and oxygen atoms in total. The molecule has 3 N–H and O–H groups in total. The molecule has 0 aliphatic rings. The van der Waals surface area contributed by atoms with Gasteiger partial charge in [-0.2, -0.15) is 13.2 Å². The first kappa shape index (κ1) is 22.1. The first-order valence-electron chi connectivity index (χ1n) is 8.92. The highest BCUT2D eigenvalue weighted by Crippen LogP contribution is 2.26. The van der Waals surface area contributed by atoms with Crippen LogP contribution in [-0.2, 0) is 4.79 Å². The fourth-order valence-corrected chi connectivity index (χ4v) is 2.29. The van der Waals surface area contributed by atoms with Gasteiger partial charge in [-0.25, -0.2) is 15.0 Å². The zero-order valence-electron chi connectivity index (χ0n) is 16.3. The Kier molecular flexibility index (Phi) is 7.13. The molecule has 3 rings (SSSR count). The minimum atomic E-state index is -4.29. The second kappa shape index (κ2) is 9.35. The number of H-pyrrole nitrogens is 1. The molecule has 0 aromatic carbocycles. The Labute approximate surface area is 166 Å². The van der Waals surface area contributed by atoms with E-state index in [4.69, 9.17) is 0 Å². The molecule has 29 heavy (non-hydrogen) atoms. The molecule has 3 aromatic heterocycles. The van der Waals surface area contributed by atoms with Gasteiger partial charge in [-0.05, 0) is 38.5 Å². The maximum absolute atomic E-state index is 11.0. The van der Waals surface area contributed by atoms with Crippen LogP contribution in [0.25, 0.3) is 22.4 Å². The molecule has 0 spiro atoms. The summed E-state index contributed by atoms with van der Waals surface area (Å²) in [5, 5.41) is 5.96. The normalized spacial score (nSPS) is 11.5. The molecule has 0 atom stereocenters. The van der Waals surface area contributed by atoms with E-state index < -0.39 is 12.7 Å². The van der Waals surface area contributed by atoms with E-state index in [-0.39, 0.29) is 11.9 Å². The third-order valence-corrected chi connectivity index (χ3v) is 4.08. The van der Waals surface area contributed by atoms with Crippen LogP contribution in [0.2, 0.25) is 0 Å². The minimum Gasteiger partial charge on any atom is -0.365 e. The fourth-order valence-electron chi connectivity index (χ4n) is 2.29. The summed E-state index contributed by atoms with van der Waals surface area (Å²) in [4.78, 5) is 25.7. The van der Waals surface area contributed by atoms with Gasteiger partial charge in [-0.1, -0.05) is 6.92 Å². The Morgan fingerprint density at radius 1 is 1.17 bits per heavy atom. The van der Waals surface area contributed by atoms with E-state index in [0.717, 1.165) is 28.8 Å². The van der Waals surface area contributed by atoms with Gasteiger partial charge >= 0.3 is 6.18 Å². The lowest BCUT2D eigenvalue weighted by Crippen LogP contribution is -2.30. The van der Waals surface area contributed by atoms with Gasteiger partial charge in [-0.15, -0.1) is 0 Å². The molecule has 0 saturated carbocycles. The van der Waals surface area contributed by atoms with E-state index in [9.17, 15) is 18.0 Å². The Hall–Kier alpha value is -3.17. The number of anilines is 1. The predicted octanol–water partition coefficient (Wildman–Crippen LogP) is 3.92. The summed E-state index contributed by atoms with van der Waals surface area (Å²) in [6, 6.07) is 5.84. The fraction of sp³-hybridized carbons (Fsp3) is 0.368. The number of aromatic amines is 1. The molecule has 0 radical (unpaired) electrons. The van der Waals surface area contributed by atoms with Gasteiger partial charge in [-0.3, -0.25) is 4.79 Å². The first-order chi connectivity index (χ1) is 13.6. The van der Waals surface area contributed by atoms with Gasteiger partial charge in [0.25, 0.3) is 0 Å². The summed E-state index contributed by atoms with van der Waals surface area (Å²) >= 11 is 0. The number of alkyl halides is 3. The summed E-state index contributed by atoms with van der Waals surface area (Å²) in [5.74, 6) is 1.54. The molecule has 10 heteroatoms. The Morgan fingerprint density at radius 2 is 1.93 bits per heavy atom. The lowest BCUT2D eigenvalue weighted by molar-refractivity contribution is -0.132. The van der Waals surface area contributed by atoms with Crippen molar-refractivity contribution in [3.8, 4) is 11.4 Å². The molecule has 0 fully saturated rings. The smallest absolute Gasteiger partial charge is 0.365 e. The molecule has 0 aliphatic heterocycles. The molecule has 1 amide bonds. The van der Waals surface area contributed by atoms with Crippen LogP contribution in [0, 0.1) is 0 Å². The number of hydrogen-bond acceptors (Lipinski definition) is 5. The van der Waals surface area contributed by atoms with Crippen molar-refractivity contribution in [1.29, 1.82) is 0 Å². The van der Waals surface area contributed by atoms with Crippen LogP contribution in [-0.4, -0.2) is 44.6 Å². The number of nitrogens with one attached hydrogen (secondary N) is 3. The summed E-state index contributed by atoms with van der Waals surface area (Å²) in [7, 11) is 0. The third-order valence-electron chi connectivity index (χ3n) is 4.08. The van der Waals surface area contributed by atoms with Crippen molar-refractivity contribution in [3.63, 3.8) is 0 Å². The van der Waals surface area contributed by atoms with Crippen molar-refractivity contribution in [3.05, 3.63) is 36.8 Å². The third kappa shape index (κ3) is 6.74. The quantitative estimate of drug-likeness (QED) is 0.538. The van der Waals surface area contributed by atoms with Crippen molar-refractivity contribution in [2.75, 3.05) is 11.9 Å². The highest BCUT2D eigenvalue weighted by Gasteiger charge is 2.25. The second-order valence-corrected chi connectivity index (χ2v) is 6.84. The SMILES string of the molecule is CCC(C)(C)Nc1ccnc(-c2c[nH]c3ncccc23)n1.O=CNCC(F)(F)F. The zero-order chi connectivity index (χ0) is 21.5. The topological polar surface area (TPSA) is 95.6 Å². The Bertz CT molecular complexity index is 939. The highest BCUT2D eigenvalue weighted by atomic mass is 19.4. The number of nitrogens with zero attached hydrogens (tertiary/aromatic N) is 3. The minimum absolute atomic E-state index is 0.00733. The number of rotatable bonds is 6. The number of carbonyl (C=O) groups is 1. The molecule has 0 aliphatic carbocycles. The number of hydrogen-bond donors (Lipinski definition) is 3. The number of aromatic nitrogens is 4. The monoisotopic (exact) mass is 408 g/mol. The van der Waals surface area contributed by atoms with Crippen molar-refractivity contribution in [2.45, 2.75) is 38.9 Å². The molecule has 156 valence electrons. The van der Waals surface area contributed by atoms with Gasteiger partial charge in [0.05, 0.1) is 0 Å². The molecule has 0 bridgehead atoms. The summed E-state index contributed by atoms with van der Waals surface area (Å²) in [6.45, 7) is 5.21. The van der Waals surface area contributed by atoms with Crippen LogP contribution >= 0.6 is 0 Å². The van der Waals surface area contributed by atoms with Crippen molar-refractivity contribution < 1.29 is 18.0 Å². The molecule has 3 heterocycles. The number of fused-ring (bicyclic) bond motifs is 1. The largest absolute Gasteiger partial charge is 0.405 e. The lowest BCUT2D eigenvalue weighted by atomic mass is 10.0. The summed E-state index contributed by atoms with van der Waals surface area (Å²) in [6.07, 6.45) is 2.19. The molecular weight excluding hydrogens is 385 g/mol. The predicted molar refractivity (Wildman–Crippen MR) is 105 cm³/mol. The van der Waals surface area contributed by atoms with E-state index in [0.29, 0.717) is 5.82 Å². The van der Waals surface area contributed by atoms with Gasteiger partial charge < -0.3 is 15.6 Å². The van der Waals surface area contributed by atoms with E-state index in [2.05, 4.69) is 46.0 Å². The summed E-state index contributed by atoms with van der Waals surface area (Å²) in [5.41, 5.74) is 1.83. The molecule has 3 aromatic rings. The second-order valence-electron chi connectivity index (χ2n) is 6.84. The van der Waals surface area contributed by atoms with Crippen molar-refractivity contribution >= 4 is 23.3 Å². The average molecular weight is 408 g/mol. The lowest BCUT2D eigenvalue weighted by Gasteiger charge is -2.25. The molecule has 0 saturated heterocycles. The average Bonchev–Trinajstić information content (AvgIpc) is 3.10. The van der Waals surface area contributed by atoms with Crippen molar-refractivity contribution in [1.82, 2.24) is 25.3 Å². The standard InChI is InChI=1S/C16H19N5.C3H4F3NO/c1-4-16(2,3)21-13-7-9-18-15(20-13)12-10-19-14-11(12)6-5-8-17-14;4-3(5,6)1-7-2-8/h5-10H,4H2,1-3H3,(H,17,19)(H,18,20,21);2H,1H2,(H,7,8). The van der Waals surface area contributed by atoms with Gasteiger partial charge in [0, 0.05) is 35.1 Å². The van der Waals surface area contributed by atoms with Crippen LogP contribution < -0.4 is 10.6 Å². The van der Waals surface area contributed by atoms with Crippen LogP contribution in [0.5, 0.6) is 0 Å². The van der Waals surface area contributed by atoms with Gasteiger partial charge in [0.1, 0.15) is 18.0 Å². The maximum atomic E-state index is 11.0. The number of carbonyl (C=O) groups excluding carboxylic acids is 1. The Balaban J connectivity index is 0.000000321. The van der Waals surface area contributed by atoms with E-state index in [1.165, 1.54) is 5.32 Å². The van der Waals surface area contributed by atoms with Crippen molar-refractivity contribution in [2.24, 2.45) is 0 Å². The maximum Gasteiger partial charge on any atom is 0.405 e. The van der Waals surface area contributed by atoms with Gasteiger partial charge in [0.2, 0.25) is 6.41 Å². The number of pyridine rings is 1. The molecular formula is C19H23F3N6O. The van der Waals surface area contributed by atoms with Gasteiger partial charge in [0.15, 0.2) is 5.82 Å². The number of amides is 1. The number of halogens is 3. The molecule has 0 unspecified atom stereocenters. The first-order valence-corrected chi connectivity index (χ1v) is 8.92.